The Bertz CT molecular complexity index is 150. The number of esters is 1. The van der Waals surface area contributed by atoms with E-state index in [0.717, 1.165) is 11.0 Å². The van der Waals surface area contributed by atoms with E-state index in [2.05, 4.69) is 0 Å². The fraction of sp³-hybridized carbons (Fsp3) is 0.875. The zero-order chi connectivity index (χ0) is 9.78. The summed E-state index contributed by atoms with van der Waals surface area (Å²) in [6, 6.07) is -0.516. The summed E-state index contributed by atoms with van der Waals surface area (Å²) in [7, 11) is 6.12. The monoisotopic (exact) mass is 175 g/mol. The van der Waals surface area contributed by atoms with Crippen LogP contribution in [-0.4, -0.2) is 50.8 Å². The van der Waals surface area contributed by atoms with E-state index < -0.39 is 6.04 Å². The van der Waals surface area contributed by atoms with Crippen molar-refractivity contribution in [3.63, 3.8) is 0 Å². The third-order valence-electron chi connectivity index (χ3n) is 1.38. The van der Waals surface area contributed by atoms with Crippen molar-refractivity contribution in [2.75, 3.05) is 34.3 Å². The van der Waals surface area contributed by atoms with Gasteiger partial charge >= 0.3 is 5.97 Å². The number of nitrogens with two attached hydrogens (primary N) is 1. The van der Waals surface area contributed by atoms with Gasteiger partial charge in [-0.1, -0.05) is 0 Å². The third-order valence-corrected chi connectivity index (χ3v) is 1.38. The molecular formula is C8H19N2O2+. The van der Waals surface area contributed by atoms with Gasteiger partial charge in [0.1, 0.15) is 19.2 Å². The second kappa shape index (κ2) is 4.42. The highest BCUT2D eigenvalue weighted by molar-refractivity contribution is 5.74. The summed E-state index contributed by atoms with van der Waals surface area (Å²) in [5.41, 5.74) is 5.31. The Hall–Kier alpha value is -0.610. The van der Waals surface area contributed by atoms with E-state index in [4.69, 9.17) is 10.5 Å². The predicted octanol–water partition coefficient (Wildman–Crippen LogP) is -0.417. The number of rotatable bonds is 4. The Balaban J connectivity index is 3.51. The summed E-state index contributed by atoms with van der Waals surface area (Å²) >= 11 is 0. The molecule has 0 aromatic carbocycles. The highest BCUT2D eigenvalue weighted by atomic mass is 16.5. The molecule has 0 aromatic heterocycles. The van der Waals surface area contributed by atoms with E-state index >= 15 is 0 Å². The molecule has 0 saturated carbocycles. The number of carbonyl (C=O) groups excluding carboxylic acids is 1. The van der Waals surface area contributed by atoms with Crippen molar-refractivity contribution in [3.8, 4) is 0 Å². The van der Waals surface area contributed by atoms with Crippen molar-refractivity contribution in [3.05, 3.63) is 0 Å². The van der Waals surface area contributed by atoms with E-state index in [1.165, 1.54) is 0 Å². The van der Waals surface area contributed by atoms with Crippen molar-refractivity contribution < 1.29 is 14.0 Å². The molecule has 4 nitrogen and oxygen atoms in total. The summed E-state index contributed by atoms with van der Waals surface area (Å²) in [5.74, 6) is -0.330. The van der Waals surface area contributed by atoms with Gasteiger partial charge in [0.05, 0.1) is 21.1 Å². The minimum atomic E-state index is -0.516. The molecular weight excluding hydrogens is 156 g/mol. The van der Waals surface area contributed by atoms with Crippen LogP contribution < -0.4 is 5.73 Å². The topological polar surface area (TPSA) is 52.3 Å². The number of nitrogens with zero attached hydrogens (tertiary/aromatic N) is 1. The standard InChI is InChI=1S/C8H19N2O2/c1-7(9)8(11)12-6-5-10(2,3)4/h7H,5-6,9H2,1-4H3/q+1/t7-/m0/s1. The number of carbonyl (C=O) groups is 1. The summed E-state index contributed by atoms with van der Waals surface area (Å²) in [4.78, 5) is 10.9. The maximum atomic E-state index is 10.9. The number of hydrogen-bond donors (Lipinski definition) is 1. The highest BCUT2D eigenvalue weighted by Crippen LogP contribution is 1.91. The van der Waals surface area contributed by atoms with Gasteiger partial charge in [-0.25, -0.2) is 0 Å². The molecule has 0 aromatic rings. The normalized spacial score (nSPS) is 14.1. The van der Waals surface area contributed by atoms with Gasteiger partial charge in [0.2, 0.25) is 0 Å². The number of ether oxygens (including phenoxy) is 1. The molecule has 12 heavy (non-hydrogen) atoms. The van der Waals surface area contributed by atoms with Crippen LogP contribution in [0.5, 0.6) is 0 Å². The van der Waals surface area contributed by atoms with Crippen LogP contribution in [-0.2, 0) is 9.53 Å². The fourth-order valence-corrected chi connectivity index (χ4v) is 0.552. The Morgan fingerprint density at radius 3 is 2.33 bits per heavy atom. The smallest absolute Gasteiger partial charge is 0.322 e. The van der Waals surface area contributed by atoms with Crippen LogP contribution in [0.1, 0.15) is 6.92 Å². The summed E-state index contributed by atoms with van der Waals surface area (Å²) in [6.07, 6.45) is 0. The molecule has 0 aliphatic carbocycles. The average Bonchev–Trinajstić information content (AvgIpc) is 1.84. The molecule has 4 heteroatoms. The van der Waals surface area contributed by atoms with Gasteiger partial charge in [-0.3, -0.25) is 4.79 Å². The summed E-state index contributed by atoms with van der Waals surface area (Å²) in [5, 5.41) is 0. The Morgan fingerprint density at radius 1 is 1.50 bits per heavy atom. The quantitative estimate of drug-likeness (QED) is 0.466. The van der Waals surface area contributed by atoms with Gasteiger partial charge in [-0.15, -0.1) is 0 Å². The maximum absolute atomic E-state index is 10.9. The first-order valence-corrected chi connectivity index (χ1v) is 4.05. The molecule has 0 radical (unpaired) electrons. The molecule has 0 fully saturated rings. The molecule has 0 aliphatic rings. The third kappa shape index (κ3) is 6.12. The lowest BCUT2D eigenvalue weighted by molar-refractivity contribution is -0.870. The van der Waals surface area contributed by atoms with Gasteiger partial charge in [0.25, 0.3) is 0 Å². The van der Waals surface area contributed by atoms with Gasteiger partial charge in [0, 0.05) is 0 Å². The molecule has 72 valence electrons. The van der Waals surface area contributed by atoms with E-state index in [9.17, 15) is 4.79 Å². The molecule has 2 N–H and O–H groups in total. The van der Waals surface area contributed by atoms with Crippen LogP contribution in [0.15, 0.2) is 0 Å². The number of quaternary nitrogens is 1. The maximum Gasteiger partial charge on any atom is 0.322 e. The number of likely N-dealkylation sites (N-methyl/N-ethyl adjacent to an activating group) is 1. The van der Waals surface area contributed by atoms with Crippen LogP contribution >= 0.6 is 0 Å². The van der Waals surface area contributed by atoms with Crippen molar-refractivity contribution in [2.45, 2.75) is 13.0 Å². The average molecular weight is 175 g/mol. The van der Waals surface area contributed by atoms with E-state index in [1.807, 2.05) is 21.1 Å². The summed E-state index contributed by atoms with van der Waals surface area (Å²) < 4.78 is 5.68. The van der Waals surface area contributed by atoms with Crippen LogP contribution in [0.4, 0.5) is 0 Å². The van der Waals surface area contributed by atoms with Crippen LogP contribution in [0.25, 0.3) is 0 Å². The molecule has 0 bridgehead atoms. The first kappa shape index (κ1) is 11.4. The van der Waals surface area contributed by atoms with Gasteiger partial charge in [0.15, 0.2) is 0 Å². The van der Waals surface area contributed by atoms with Crippen LogP contribution in [0.2, 0.25) is 0 Å². The predicted molar refractivity (Wildman–Crippen MR) is 47.5 cm³/mol. The van der Waals surface area contributed by atoms with Gasteiger partial charge < -0.3 is 15.0 Å². The molecule has 0 aliphatic heterocycles. The first-order valence-electron chi connectivity index (χ1n) is 4.05. The highest BCUT2D eigenvalue weighted by Gasteiger charge is 2.11. The minimum absolute atomic E-state index is 0.330. The molecule has 0 unspecified atom stereocenters. The zero-order valence-electron chi connectivity index (χ0n) is 8.33. The van der Waals surface area contributed by atoms with E-state index in [0.29, 0.717) is 6.61 Å². The van der Waals surface area contributed by atoms with Crippen LogP contribution in [0.3, 0.4) is 0 Å². The Labute approximate surface area is 73.9 Å². The molecule has 0 amide bonds. The lowest BCUT2D eigenvalue weighted by Crippen LogP contribution is -2.39. The molecule has 0 heterocycles. The van der Waals surface area contributed by atoms with Gasteiger partial charge in [-0.2, -0.15) is 0 Å². The SMILES string of the molecule is C[C@H](N)C(=O)OCC[N+](C)(C)C. The number of hydrogen-bond acceptors (Lipinski definition) is 3. The Morgan fingerprint density at radius 2 is 2.00 bits per heavy atom. The fourth-order valence-electron chi connectivity index (χ4n) is 0.552. The van der Waals surface area contributed by atoms with E-state index in [-0.39, 0.29) is 5.97 Å². The molecule has 0 rings (SSSR count). The zero-order valence-corrected chi connectivity index (χ0v) is 8.33. The summed E-state index contributed by atoms with van der Waals surface area (Å²) in [6.45, 7) is 2.86. The lowest BCUT2D eigenvalue weighted by Gasteiger charge is -2.23. The first-order chi connectivity index (χ1) is 5.33. The Kier molecular flexibility index (Phi) is 4.20. The molecule has 0 spiro atoms. The second-order valence-corrected chi connectivity index (χ2v) is 3.97. The molecule has 0 saturated heterocycles. The van der Waals surface area contributed by atoms with E-state index in [1.54, 1.807) is 6.92 Å². The minimum Gasteiger partial charge on any atom is -0.459 e. The van der Waals surface area contributed by atoms with Crippen molar-refractivity contribution in [1.29, 1.82) is 0 Å². The van der Waals surface area contributed by atoms with Gasteiger partial charge in [-0.05, 0) is 6.92 Å². The second-order valence-electron chi connectivity index (χ2n) is 3.97. The van der Waals surface area contributed by atoms with Crippen molar-refractivity contribution in [2.24, 2.45) is 5.73 Å². The van der Waals surface area contributed by atoms with Crippen molar-refractivity contribution in [1.82, 2.24) is 0 Å². The largest absolute Gasteiger partial charge is 0.459 e. The lowest BCUT2D eigenvalue weighted by atomic mass is 10.4. The molecule has 1 atom stereocenters. The van der Waals surface area contributed by atoms with Crippen molar-refractivity contribution >= 4 is 5.97 Å². The van der Waals surface area contributed by atoms with Crippen LogP contribution in [0, 0.1) is 0 Å².